The van der Waals surface area contributed by atoms with Crippen LogP contribution in [-0.4, -0.2) is 35.2 Å². The number of rotatable bonds is 5. The van der Waals surface area contributed by atoms with Gasteiger partial charge >= 0.3 is 0 Å². The molecule has 4 rings (SSSR count). The number of halogens is 1. The fourth-order valence-electron chi connectivity index (χ4n) is 3.08. The van der Waals surface area contributed by atoms with Crippen molar-refractivity contribution in [1.82, 2.24) is 24.4 Å². The number of nitrogens with zero attached hydrogens (tertiary/aromatic N) is 5. The molecule has 0 bridgehead atoms. The molecule has 0 fully saturated rings. The molecule has 0 aliphatic heterocycles. The van der Waals surface area contributed by atoms with Gasteiger partial charge in [-0.2, -0.15) is 0 Å². The number of thioether (sulfide) groups is 1. The van der Waals surface area contributed by atoms with Gasteiger partial charge in [-0.25, -0.2) is 9.67 Å². The molecule has 3 heterocycles. The number of benzene rings is 1. The van der Waals surface area contributed by atoms with Gasteiger partial charge in [-0.15, -0.1) is 5.10 Å². The van der Waals surface area contributed by atoms with Crippen molar-refractivity contribution in [2.24, 2.45) is 0 Å². The molecule has 0 aliphatic rings. The van der Waals surface area contributed by atoms with Crippen LogP contribution in [0.15, 0.2) is 53.8 Å². The van der Waals surface area contributed by atoms with Crippen LogP contribution in [0.25, 0.3) is 11.2 Å². The second-order valence-corrected chi connectivity index (χ2v) is 7.65. The van der Waals surface area contributed by atoms with Crippen molar-refractivity contribution in [3.05, 3.63) is 70.8 Å². The lowest BCUT2D eigenvalue weighted by Gasteiger charge is -2.15. The SMILES string of the molecule is CCSc1ncc2ccc(Cl)c([C@@H](O)c3nnn(-c4ccccc4)c3C)n12. The molecule has 3 aromatic heterocycles. The summed E-state index contributed by atoms with van der Waals surface area (Å²) in [6, 6.07) is 13.4. The summed E-state index contributed by atoms with van der Waals surface area (Å²) in [6.45, 7) is 3.94. The molecule has 6 nitrogen and oxygen atoms in total. The second kappa shape index (κ2) is 7.34. The summed E-state index contributed by atoms with van der Waals surface area (Å²) in [4.78, 5) is 4.45. The van der Waals surface area contributed by atoms with E-state index in [2.05, 4.69) is 22.2 Å². The number of aromatic nitrogens is 5. The van der Waals surface area contributed by atoms with Gasteiger partial charge in [0.15, 0.2) is 5.16 Å². The molecular weight excluding hydrogens is 382 g/mol. The van der Waals surface area contributed by atoms with Crippen molar-refractivity contribution >= 4 is 28.9 Å². The van der Waals surface area contributed by atoms with E-state index in [1.54, 1.807) is 28.7 Å². The van der Waals surface area contributed by atoms with Gasteiger partial charge in [0.1, 0.15) is 11.8 Å². The highest BCUT2D eigenvalue weighted by atomic mass is 35.5. The van der Waals surface area contributed by atoms with Gasteiger partial charge in [0.2, 0.25) is 0 Å². The van der Waals surface area contributed by atoms with Crippen LogP contribution >= 0.6 is 23.4 Å². The zero-order valence-corrected chi connectivity index (χ0v) is 16.4. The van der Waals surface area contributed by atoms with Crippen LogP contribution in [0.3, 0.4) is 0 Å². The lowest BCUT2D eigenvalue weighted by atomic mass is 10.1. The Morgan fingerprint density at radius 2 is 1.96 bits per heavy atom. The van der Waals surface area contributed by atoms with E-state index < -0.39 is 6.10 Å². The highest BCUT2D eigenvalue weighted by molar-refractivity contribution is 7.99. The van der Waals surface area contributed by atoms with Gasteiger partial charge in [0, 0.05) is 0 Å². The predicted octanol–water partition coefficient (Wildman–Crippen LogP) is 4.07. The first-order chi connectivity index (χ1) is 13.1. The number of pyridine rings is 1. The highest BCUT2D eigenvalue weighted by Crippen LogP contribution is 2.33. The summed E-state index contributed by atoms with van der Waals surface area (Å²) < 4.78 is 3.60. The summed E-state index contributed by atoms with van der Waals surface area (Å²) in [5.74, 6) is 0.865. The average Bonchev–Trinajstić information content (AvgIpc) is 3.26. The summed E-state index contributed by atoms with van der Waals surface area (Å²) >= 11 is 8.07. The number of aliphatic hydroxyl groups excluding tert-OH is 1. The summed E-state index contributed by atoms with van der Waals surface area (Å²) in [5.41, 5.74) is 3.53. The molecule has 138 valence electrons. The molecule has 0 saturated carbocycles. The first-order valence-electron chi connectivity index (χ1n) is 8.56. The molecule has 0 radical (unpaired) electrons. The maximum atomic E-state index is 11.2. The zero-order chi connectivity index (χ0) is 19.0. The summed E-state index contributed by atoms with van der Waals surface area (Å²) in [7, 11) is 0. The van der Waals surface area contributed by atoms with Crippen LogP contribution in [0.5, 0.6) is 0 Å². The van der Waals surface area contributed by atoms with Crippen LogP contribution in [0.4, 0.5) is 0 Å². The Bertz CT molecular complexity index is 1090. The summed E-state index contributed by atoms with van der Waals surface area (Å²) in [6.07, 6.45) is 0.752. The van der Waals surface area contributed by atoms with E-state index in [-0.39, 0.29) is 0 Å². The minimum Gasteiger partial charge on any atom is -0.380 e. The minimum absolute atomic E-state index is 0.458. The first kappa shape index (κ1) is 18.0. The predicted molar refractivity (Wildman–Crippen MR) is 107 cm³/mol. The second-order valence-electron chi connectivity index (χ2n) is 6.01. The molecule has 0 amide bonds. The molecular formula is C19H18ClN5OS. The van der Waals surface area contributed by atoms with Gasteiger partial charge in [0.25, 0.3) is 0 Å². The van der Waals surface area contributed by atoms with Crippen LogP contribution in [0.1, 0.15) is 30.1 Å². The normalized spacial score (nSPS) is 12.6. The monoisotopic (exact) mass is 399 g/mol. The topological polar surface area (TPSA) is 68.2 Å². The Labute approximate surface area is 165 Å². The van der Waals surface area contributed by atoms with Crippen molar-refractivity contribution in [3.63, 3.8) is 0 Å². The molecule has 8 heteroatoms. The number of aliphatic hydroxyl groups is 1. The van der Waals surface area contributed by atoms with E-state index in [0.717, 1.165) is 27.8 Å². The number of fused-ring (bicyclic) bond motifs is 1. The number of hydrogen-bond acceptors (Lipinski definition) is 5. The van der Waals surface area contributed by atoms with Crippen molar-refractivity contribution < 1.29 is 5.11 Å². The van der Waals surface area contributed by atoms with E-state index in [1.165, 1.54) is 0 Å². The zero-order valence-electron chi connectivity index (χ0n) is 14.9. The standard InChI is InChI=1S/C19H18ClN5OS/c1-3-27-19-21-11-14-9-10-15(20)17(24(14)19)18(26)16-12(2)25(23-22-16)13-7-5-4-6-8-13/h4-11,18,26H,3H2,1-2H3/t18-/m0/s1. The van der Waals surface area contributed by atoms with Crippen molar-refractivity contribution in [3.8, 4) is 5.69 Å². The Hall–Kier alpha value is -2.35. The fourth-order valence-corrected chi connectivity index (χ4v) is 4.05. The summed E-state index contributed by atoms with van der Waals surface area (Å²) in [5, 5.41) is 20.9. The lowest BCUT2D eigenvalue weighted by Crippen LogP contribution is -2.10. The highest BCUT2D eigenvalue weighted by Gasteiger charge is 2.25. The van der Waals surface area contributed by atoms with Gasteiger partial charge in [-0.05, 0) is 36.9 Å². The average molecular weight is 400 g/mol. The molecule has 27 heavy (non-hydrogen) atoms. The van der Waals surface area contributed by atoms with Gasteiger partial charge in [-0.3, -0.25) is 4.40 Å². The van der Waals surface area contributed by atoms with Crippen molar-refractivity contribution in [1.29, 1.82) is 0 Å². The third-order valence-corrected chi connectivity index (χ3v) is 5.52. The van der Waals surface area contributed by atoms with Crippen LogP contribution < -0.4 is 0 Å². The third kappa shape index (κ3) is 3.12. The molecule has 0 saturated heterocycles. The maximum absolute atomic E-state index is 11.2. The molecule has 0 unspecified atom stereocenters. The number of para-hydroxylation sites is 1. The van der Waals surface area contributed by atoms with Crippen LogP contribution in [-0.2, 0) is 0 Å². The third-order valence-electron chi connectivity index (χ3n) is 4.37. The number of hydrogen-bond donors (Lipinski definition) is 1. The van der Waals surface area contributed by atoms with E-state index in [0.29, 0.717) is 16.4 Å². The van der Waals surface area contributed by atoms with E-state index >= 15 is 0 Å². The quantitative estimate of drug-likeness (QED) is 0.512. The van der Waals surface area contributed by atoms with E-state index in [4.69, 9.17) is 11.6 Å². The molecule has 4 aromatic rings. The smallest absolute Gasteiger partial charge is 0.172 e. The lowest BCUT2D eigenvalue weighted by molar-refractivity contribution is 0.207. The van der Waals surface area contributed by atoms with Gasteiger partial charge in [-0.1, -0.05) is 53.7 Å². The van der Waals surface area contributed by atoms with Crippen molar-refractivity contribution in [2.75, 3.05) is 5.75 Å². The largest absolute Gasteiger partial charge is 0.380 e. The van der Waals surface area contributed by atoms with Crippen LogP contribution in [0.2, 0.25) is 5.02 Å². The Balaban J connectivity index is 1.84. The van der Waals surface area contributed by atoms with E-state index in [9.17, 15) is 5.11 Å². The molecule has 1 atom stereocenters. The number of imidazole rings is 1. The van der Waals surface area contributed by atoms with E-state index in [1.807, 2.05) is 47.7 Å². The Morgan fingerprint density at radius 1 is 1.19 bits per heavy atom. The minimum atomic E-state index is -1.02. The molecule has 0 spiro atoms. The van der Waals surface area contributed by atoms with Gasteiger partial charge < -0.3 is 5.11 Å². The first-order valence-corrected chi connectivity index (χ1v) is 9.92. The van der Waals surface area contributed by atoms with Crippen molar-refractivity contribution in [2.45, 2.75) is 25.1 Å². The molecule has 1 N–H and O–H groups in total. The Kier molecular flexibility index (Phi) is 4.90. The Morgan fingerprint density at radius 3 is 2.70 bits per heavy atom. The molecule has 1 aromatic carbocycles. The van der Waals surface area contributed by atoms with Gasteiger partial charge in [0.05, 0.1) is 33.8 Å². The fraction of sp³-hybridized carbons (Fsp3) is 0.211. The maximum Gasteiger partial charge on any atom is 0.172 e. The van der Waals surface area contributed by atoms with Crippen LogP contribution in [0, 0.1) is 6.92 Å². The molecule has 0 aliphatic carbocycles.